The van der Waals surface area contributed by atoms with Gasteiger partial charge >= 0.3 is 11.9 Å². The van der Waals surface area contributed by atoms with E-state index in [4.69, 9.17) is 14.6 Å². The largest absolute Gasteiger partial charge is 0.478 e. The van der Waals surface area contributed by atoms with Crippen LogP contribution in [0.3, 0.4) is 0 Å². The summed E-state index contributed by atoms with van der Waals surface area (Å²) in [6.45, 7) is 7.75. The van der Waals surface area contributed by atoms with Gasteiger partial charge < -0.3 is 14.6 Å². The molecule has 0 fully saturated rings. The van der Waals surface area contributed by atoms with Crippen LogP contribution in [0.1, 0.15) is 34.6 Å². The predicted molar refractivity (Wildman–Crippen MR) is 73.9 cm³/mol. The van der Waals surface area contributed by atoms with Gasteiger partial charge in [0.05, 0.1) is 23.8 Å². The molecule has 0 saturated carbocycles. The maximum absolute atomic E-state index is 11.9. The van der Waals surface area contributed by atoms with Crippen molar-refractivity contribution in [3.05, 3.63) is 47.5 Å². The molecular formula is C15H18O5. The van der Waals surface area contributed by atoms with Crippen LogP contribution >= 0.6 is 0 Å². The van der Waals surface area contributed by atoms with Crippen LogP contribution in [0.5, 0.6) is 0 Å². The normalized spacial score (nSPS) is 11.7. The minimum absolute atomic E-state index is 0.0344. The van der Waals surface area contributed by atoms with Crippen molar-refractivity contribution in [1.82, 2.24) is 0 Å². The Kier molecular flexibility index (Phi) is 5.93. The van der Waals surface area contributed by atoms with E-state index in [-0.39, 0.29) is 23.8 Å². The Morgan fingerprint density at radius 1 is 1.30 bits per heavy atom. The SMILES string of the molecule is C=C(C)COC(C)COC(=O)c1ccccc1C(=O)O. The number of ether oxygens (including phenoxy) is 2. The second-order valence-corrected chi connectivity index (χ2v) is 4.53. The molecule has 0 aliphatic carbocycles. The Labute approximate surface area is 117 Å². The van der Waals surface area contributed by atoms with E-state index in [1.165, 1.54) is 12.1 Å². The first-order valence-corrected chi connectivity index (χ1v) is 6.17. The third kappa shape index (κ3) is 4.85. The van der Waals surface area contributed by atoms with Gasteiger partial charge in [-0.15, -0.1) is 0 Å². The Morgan fingerprint density at radius 3 is 2.45 bits per heavy atom. The molecule has 0 bridgehead atoms. The smallest absolute Gasteiger partial charge is 0.339 e. The maximum atomic E-state index is 11.9. The molecule has 20 heavy (non-hydrogen) atoms. The second-order valence-electron chi connectivity index (χ2n) is 4.53. The van der Waals surface area contributed by atoms with Crippen LogP contribution in [0.4, 0.5) is 0 Å². The zero-order valence-corrected chi connectivity index (χ0v) is 11.6. The van der Waals surface area contributed by atoms with E-state index < -0.39 is 11.9 Å². The molecule has 1 N–H and O–H groups in total. The van der Waals surface area contributed by atoms with Gasteiger partial charge in [-0.25, -0.2) is 9.59 Å². The van der Waals surface area contributed by atoms with Gasteiger partial charge in [-0.2, -0.15) is 0 Å². The highest BCUT2D eigenvalue weighted by Crippen LogP contribution is 2.11. The van der Waals surface area contributed by atoms with E-state index >= 15 is 0 Å². The molecule has 0 aliphatic heterocycles. The summed E-state index contributed by atoms with van der Waals surface area (Å²) in [5.74, 6) is -1.84. The molecule has 1 unspecified atom stereocenters. The zero-order chi connectivity index (χ0) is 15.1. The van der Waals surface area contributed by atoms with Crippen molar-refractivity contribution in [3.63, 3.8) is 0 Å². The average molecular weight is 278 g/mol. The molecule has 1 aromatic carbocycles. The van der Waals surface area contributed by atoms with Gasteiger partial charge in [-0.1, -0.05) is 24.3 Å². The lowest BCUT2D eigenvalue weighted by atomic mass is 10.1. The number of hydrogen-bond donors (Lipinski definition) is 1. The first-order valence-electron chi connectivity index (χ1n) is 6.17. The number of carboxylic acid groups (broad SMARTS) is 1. The number of hydrogen-bond acceptors (Lipinski definition) is 4. The van der Waals surface area contributed by atoms with Crippen LogP contribution in [0.15, 0.2) is 36.4 Å². The lowest BCUT2D eigenvalue weighted by molar-refractivity contribution is 0.00621. The van der Waals surface area contributed by atoms with Crippen molar-refractivity contribution in [1.29, 1.82) is 0 Å². The number of carbonyl (C=O) groups excluding carboxylic acids is 1. The van der Waals surface area contributed by atoms with Crippen LogP contribution in [0, 0.1) is 0 Å². The Balaban J connectivity index is 2.59. The standard InChI is InChI=1S/C15H18O5/c1-10(2)8-19-11(3)9-20-15(18)13-7-5-4-6-12(13)14(16)17/h4-7,11H,1,8-9H2,2-3H3,(H,16,17). The number of aromatic carboxylic acids is 1. The van der Waals surface area contributed by atoms with Gasteiger partial charge in [0.25, 0.3) is 0 Å². The molecule has 5 heteroatoms. The highest BCUT2D eigenvalue weighted by Gasteiger charge is 2.17. The zero-order valence-electron chi connectivity index (χ0n) is 11.6. The Hall–Kier alpha value is -2.14. The summed E-state index contributed by atoms with van der Waals surface area (Å²) < 4.78 is 10.4. The molecule has 108 valence electrons. The monoisotopic (exact) mass is 278 g/mol. The summed E-state index contributed by atoms with van der Waals surface area (Å²) in [4.78, 5) is 22.9. The summed E-state index contributed by atoms with van der Waals surface area (Å²) >= 11 is 0. The number of rotatable bonds is 7. The van der Waals surface area contributed by atoms with Crippen molar-refractivity contribution in [2.45, 2.75) is 20.0 Å². The molecule has 0 amide bonds. The fourth-order valence-corrected chi connectivity index (χ4v) is 1.45. The third-order valence-corrected chi connectivity index (χ3v) is 2.44. The molecular weight excluding hydrogens is 260 g/mol. The first-order chi connectivity index (χ1) is 9.41. The van der Waals surface area contributed by atoms with Crippen LogP contribution in [-0.2, 0) is 9.47 Å². The quantitative estimate of drug-likeness (QED) is 0.613. The first kappa shape index (κ1) is 15.9. The number of carbonyl (C=O) groups is 2. The van der Waals surface area contributed by atoms with Crippen molar-refractivity contribution in [2.75, 3.05) is 13.2 Å². The van der Waals surface area contributed by atoms with E-state index in [1.807, 2.05) is 6.92 Å². The minimum atomic E-state index is -1.16. The lowest BCUT2D eigenvalue weighted by Crippen LogP contribution is -2.21. The van der Waals surface area contributed by atoms with E-state index in [0.717, 1.165) is 5.57 Å². The summed E-state index contributed by atoms with van der Waals surface area (Å²) in [6, 6.07) is 5.92. The average Bonchev–Trinajstić information content (AvgIpc) is 2.42. The van der Waals surface area contributed by atoms with Crippen molar-refractivity contribution in [2.24, 2.45) is 0 Å². The Morgan fingerprint density at radius 2 is 1.90 bits per heavy atom. The van der Waals surface area contributed by atoms with E-state index in [0.29, 0.717) is 6.61 Å². The molecule has 5 nitrogen and oxygen atoms in total. The highest BCUT2D eigenvalue weighted by atomic mass is 16.6. The molecule has 1 atom stereocenters. The van der Waals surface area contributed by atoms with E-state index in [1.54, 1.807) is 19.1 Å². The fraction of sp³-hybridized carbons (Fsp3) is 0.333. The predicted octanol–water partition coefficient (Wildman–Crippen LogP) is 2.52. The number of benzene rings is 1. The van der Waals surface area contributed by atoms with Crippen molar-refractivity contribution in [3.8, 4) is 0 Å². The molecule has 1 aromatic rings. The summed E-state index contributed by atoms with van der Waals surface area (Å²) in [5.41, 5.74) is 0.833. The summed E-state index contributed by atoms with van der Waals surface area (Å²) in [7, 11) is 0. The maximum Gasteiger partial charge on any atom is 0.339 e. The van der Waals surface area contributed by atoms with E-state index in [9.17, 15) is 9.59 Å². The van der Waals surface area contributed by atoms with Gasteiger partial charge in [0.15, 0.2) is 0 Å². The lowest BCUT2D eigenvalue weighted by Gasteiger charge is -2.14. The van der Waals surface area contributed by atoms with Crippen LogP contribution in [0.2, 0.25) is 0 Å². The van der Waals surface area contributed by atoms with Gasteiger partial charge in [-0.3, -0.25) is 0 Å². The fourth-order valence-electron chi connectivity index (χ4n) is 1.45. The summed E-state index contributed by atoms with van der Waals surface area (Å²) in [6.07, 6.45) is -0.285. The molecule has 0 radical (unpaired) electrons. The molecule has 0 spiro atoms. The minimum Gasteiger partial charge on any atom is -0.478 e. The van der Waals surface area contributed by atoms with Gasteiger partial charge in [0, 0.05) is 0 Å². The number of esters is 1. The molecule has 0 aliphatic rings. The van der Waals surface area contributed by atoms with Crippen molar-refractivity contribution < 1.29 is 24.2 Å². The van der Waals surface area contributed by atoms with E-state index in [2.05, 4.69) is 6.58 Å². The summed E-state index contributed by atoms with van der Waals surface area (Å²) in [5, 5.41) is 9.00. The molecule has 0 aromatic heterocycles. The highest BCUT2D eigenvalue weighted by molar-refractivity contribution is 6.02. The van der Waals surface area contributed by atoms with Gasteiger partial charge in [0.1, 0.15) is 6.61 Å². The van der Waals surface area contributed by atoms with Gasteiger partial charge in [-0.05, 0) is 26.0 Å². The van der Waals surface area contributed by atoms with Crippen molar-refractivity contribution >= 4 is 11.9 Å². The number of carboxylic acids is 1. The molecule has 0 saturated heterocycles. The van der Waals surface area contributed by atoms with Crippen LogP contribution in [-0.4, -0.2) is 36.4 Å². The van der Waals surface area contributed by atoms with Gasteiger partial charge in [0.2, 0.25) is 0 Å². The van der Waals surface area contributed by atoms with Crippen LogP contribution < -0.4 is 0 Å². The second kappa shape index (κ2) is 7.45. The Bertz CT molecular complexity index is 507. The molecule has 1 rings (SSSR count). The third-order valence-electron chi connectivity index (χ3n) is 2.44. The van der Waals surface area contributed by atoms with Crippen LogP contribution in [0.25, 0.3) is 0 Å². The molecule has 0 heterocycles. The topological polar surface area (TPSA) is 72.8 Å².